The molecule has 9 nitrogen and oxygen atoms in total. The van der Waals surface area contributed by atoms with Gasteiger partial charge in [0.25, 0.3) is 5.91 Å². The van der Waals surface area contributed by atoms with Crippen LogP contribution in [0.2, 0.25) is 0 Å². The van der Waals surface area contributed by atoms with Crippen LogP contribution in [-0.4, -0.2) is 73.6 Å². The molecule has 9 heteroatoms. The molecule has 2 aromatic rings. The number of benzene rings is 1. The maximum atomic E-state index is 12.5. The van der Waals surface area contributed by atoms with Crippen molar-refractivity contribution >= 4 is 23.6 Å². The lowest BCUT2D eigenvalue weighted by molar-refractivity contribution is -0.133. The predicted octanol–water partition coefficient (Wildman–Crippen LogP) is 1.49. The predicted molar refractivity (Wildman–Crippen MR) is 119 cm³/mol. The summed E-state index contributed by atoms with van der Waals surface area (Å²) in [4.78, 5) is 44.5. The number of ether oxygens (including phenoxy) is 2. The molecule has 1 N–H and O–H groups in total. The number of anilines is 1. The maximum Gasteiger partial charge on any atom is 0.339 e. The first-order chi connectivity index (χ1) is 15.6. The highest BCUT2D eigenvalue weighted by Gasteiger charge is 2.20. The number of nitrogens with zero attached hydrogens (tertiary/aromatic N) is 3. The van der Waals surface area contributed by atoms with Gasteiger partial charge in [-0.1, -0.05) is 18.2 Å². The van der Waals surface area contributed by atoms with E-state index in [1.165, 1.54) is 6.20 Å². The van der Waals surface area contributed by atoms with Crippen LogP contribution in [0, 0.1) is 0 Å². The van der Waals surface area contributed by atoms with Gasteiger partial charge < -0.3 is 24.6 Å². The van der Waals surface area contributed by atoms with Gasteiger partial charge in [-0.05, 0) is 37.6 Å². The molecule has 170 valence electrons. The second-order valence-electron chi connectivity index (χ2n) is 7.23. The molecule has 1 saturated heterocycles. The summed E-state index contributed by atoms with van der Waals surface area (Å²) >= 11 is 0. The summed E-state index contributed by atoms with van der Waals surface area (Å²) in [6.07, 6.45) is 2.28. The van der Waals surface area contributed by atoms with Gasteiger partial charge in [-0.3, -0.25) is 9.59 Å². The second kappa shape index (κ2) is 11.7. The summed E-state index contributed by atoms with van der Waals surface area (Å²) in [5.41, 5.74) is 0.411. The van der Waals surface area contributed by atoms with E-state index < -0.39 is 5.97 Å². The number of hydrogen-bond donors (Lipinski definition) is 1. The van der Waals surface area contributed by atoms with Gasteiger partial charge >= 0.3 is 5.97 Å². The van der Waals surface area contributed by atoms with Gasteiger partial charge in [0, 0.05) is 32.4 Å². The largest absolute Gasteiger partial charge is 0.484 e. The standard InChI is InChI=1S/C23H28N4O5/c1-2-31-23(30)18-9-10-20(24-15-18)26-11-6-12-27(14-13-26)22(29)16-25-21(28)17-32-19-7-4-3-5-8-19/h3-5,7-10,15H,2,6,11-14,16-17H2,1H3,(H,25,28). The normalized spacial score (nSPS) is 13.8. The molecule has 1 fully saturated rings. The lowest BCUT2D eigenvalue weighted by atomic mass is 10.2. The van der Waals surface area contributed by atoms with Crippen LogP contribution in [0.15, 0.2) is 48.7 Å². The van der Waals surface area contributed by atoms with E-state index in [9.17, 15) is 14.4 Å². The first-order valence-corrected chi connectivity index (χ1v) is 10.7. The van der Waals surface area contributed by atoms with Gasteiger partial charge in [0.1, 0.15) is 11.6 Å². The SMILES string of the molecule is CCOC(=O)c1ccc(N2CCCN(C(=O)CNC(=O)COc3ccccc3)CC2)nc1. The molecule has 0 spiro atoms. The van der Waals surface area contributed by atoms with E-state index in [0.717, 1.165) is 18.8 Å². The lowest BCUT2D eigenvalue weighted by Crippen LogP contribution is -2.43. The smallest absolute Gasteiger partial charge is 0.339 e. The van der Waals surface area contributed by atoms with Crippen LogP contribution in [-0.2, 0) is 14.3 Å². The van der Waals surface area contributed by atoms with E-state index in [1.54, 1.807) is 36.1 Å². The molecule has 0 radical (unpaired) electrons. The van der Waals surface area contributed by atoms with Gasteiger partial charge in [-0.25, -0.2) is 9.78 Å². The molecule has 0 unspecified atom stereocenters. The fourth-order valence-electron chi connectivity index (χ4n) is 3.31. The maximum absolute atomic E-state index is 12.5. The molecular formula is C23H28N4O5. The van der Waals surface area contributed by atoms with Crippen LogP contribution in [0.25, 0.3) is 0 Å². The summed E-state index contributed by atoms with van der Waals surface area (Å²) in [7, 11) is 0. The lowest BCUT2D eigenvalue weighted by Gasteiger charge is -2.23. The van der Waals surface area contributed by atoms with Crippen molar-refractivity contribution in [1.29, 1.82) is 0 Å². The fraction of sp³-hybridized carbons (Fsp3) is 0.391. The highest BCUT2D eigenvalue weighted by molar-refractivity contribution is 5.89. The third-order valence-corrected chi connectivity index (χ3v) is 4.98. The van der Waals surface area contributed by atoms with E-state index in [0.29, 0.717) is 37.6 Å². The minimum atomic E-state index is -0.393. The molecular weight excluding hydrogens is 412 g/mol. The number of amides is 2. The van der Waals surface area contributed by atoms with Crippen molar-refractivity contribution in [3.05, 3.63) is 54.2 Å². The molecule has 3 rings (SSSR count). The van der Waals surface area contributed by atoms with E-state index >= 15 is 0 Å². The number of aromatic nitrogens is 1. The van der Waals surface area contributed by atoms with Crippen LogP contribution in [0.1, 0.15) is 23.7 Å². The number of esters is 1. The Morgan fingerprint density at radius 3 is 2.56 bits per heavy atom. The van der Waals surface area contributed by atoms with E-state index in [-0.39, 0.29) is 25.0 Å². The quantitative estimate of drug-likeness (QED) is 0.621. The zero-order valence-electron chi connectivity index (χ0n) is 18.2. The average Bonchev–Trinajstić information content (AvgIpc) is 3.08. The molecule has 0 atom stereocenters. The molecule has 2 amide bonds. The number of carbonyl (C=O) groups excluding carboxylic acids is 3. The Kier molecular flexibility index (Phi) is 8.42. The third-order valence-electron chi connectivity index (χ3n) is 4.98. The molecule has 0 saturated carbocycles. The first-order valence-electron chi connectivity index (χ1n) is 10.7. The van der Waals surface area contributed by atoms with Crippen molar-refractivity contribution in [2.45, 2.75) is 13.3 Å². The first kappa shape index (κ1) is 23.1. The van der Waals surface area contributed by atoms with Gasteiger partial charge in [0.05, 0.1) is 18.7 Å². The number of nitrogens with one attached hydrogen (secondary N) is 1. The summed E-state index contributed by atoms with van der Waals surface area (Å²) in [6.45, 7) is 4.35. The van der Waals surface area contributed by atoms with Crippen LogP contribution >= 0.6 is 0 Å². The highest BCUT2D eigenvalue weighted by atomic mass is 16.5. The molecule has 32 heavy (non-hydrogen) atoms. The van der Waals surface area contributed by atoms with Gasteiger partial charge in [-0.15, -0.1) is 0 Å². The van der Waals surface area contributed by atoms with Gasteiger partial charge in [-0.2, -0.15) is 0 Å². The Morgan fingerprint density at radius 1 is 1.03 bits per heavy atom. The monoisotopic (exact) mass is 440 g/mol. The topological polar surface area (TPSA) is 101 Å². The van der Waals surface area contributed by atoms with Crippen molar-refractivity contribution in [2.24, 2.45) is 0 Å². The van der Waals surface area contributed by atoms with E-state index in [1.807, 2.05) is 18.2 Å². The van der Waals surface area contributed by atoms with E-state index in [2.05, 4.69) is 15.2 Å². The summed E-state index contributed by atoms with van der Waals surface area (Å²) in [5, 5.41) is 2.62. The van der Waals surface area contributed by atoms with Crippen molar-refractivity contribution in [2.75, 3.05) is 50.8 Å². The van der Waals surface area contributed by atoms with Gasteiger partial charge in [0.2, 0.25) is 5.91 Å². The fourth-order valence-corrected chi connectivity index (χ4v) is 3.31. The zero-order valence-corrected chi connectivity index (χ0v) is 18.2. The Balaban J connectivity index is 1.43. The minimum Gasteiger partial charge on any atom is -0.484 e. The van der Waals surface area contributed by atoms with E-state index in [4.69, 9.17) is 9.47 Å². The molecule has 1 aliphatic rings. The van der Waals surface area contributed by atoms with Crippen molar-refractivity contribution in [3.63, 3.8) is 0 Å². The van der Waals surface area contributed by atoms with Crippen LogP contribution in [0.4, 0.5) is 5.82 Å². The van der Waals surface area contributed by atoms with Crippen LogP contribution in [0.5, 0.6) is 5.75 Å². The van der Waals surface area contributed by atoms with Crippen molar-refractivity contribution in [1.82, 2.24) is 15.2 Å². The van der Waals surface area contributed by atoms with Crippen molar-refractivity contribution in [3.8, 4) is 5.75 Å². The van der Waals surface area contributed by atoms with Crippen molar-refractivity contribution < 1.29 is 23.9 Å². The van der Waals surface area contributed by atoms with Crippen LogP contribution in [0.3, 0.4) is 0 Å². The Morgan fingerprint density at radius 2 is 1.84 bits per heavy atom. The second-order valence-corrected chi connectivity index (χ2v) is 7.23. The number of carbonyl (C=O) groups is 3. The zero-order chi connectivity index (χ0) is 22.8. The van der Waals surface area contributed by atoms with Crippen LogP contribution < -0.4 is 15.0 Å². The molecule has 2 heterocycles. The molecule has 1 aromatic heterocycles. The Bertz CT molecular complexity index is 904. The number of rotatable bonds is 8. The molecule has 0 aliphatic carbocycles. The number of para-hydroxylation sites is 1. The summed E-state index contributed by atoms with van der Waals surface area (Å²) in [6, 6.07) is 12.5. The summed E-state index contributed by atoms with van der Waals surface area (Å²) in [5.74, 6) is 0.481. The third kappa shape index (κ3) is 6.69. The number of hydrogen-bond acceptors (Lipinski definition) is 7. The Labute approximate surface area is 187 Å². The average molecular weight is 441 g/mol. The van der Waals surface area contributed by atoms with Gasteiger partial charge in [0.15, 0.2) is 6.61 Å². The number of pyridine rings is 1. The molecule has 0 bridgehead atoms. The Hall–Kier alpha value is -3.62. The minimum absolute atomic E-state index is 0.0660. The highest BCUT2D eigenvalue weighted by Crippen LogP contribution is 2.15. The molecule has 1 aromatic carbocycles. The summed E-state index contributed by atoms with van der Waals surface area (Å²) < 4.78 is 10.4. The molecule has 1 aliphatic heterocycles.